The number of phenols is 3. The van der Waals surface area contributed by atoms with E-state index in [-0.39, 0.29) is 17.2 Å². The summed E-state index contributed by atoms with van der Waals surface area (Å²) in [7, 11) is 0. The summed E-state index contributed by atoms with van der Waals surface area (Å²) in [6, 6.07) is 18.3. The zero-order valence-electron chi connectivity index (χ0n) is 21.0. The molecule has 35 heavy (non-hydrogen) atoms. The maximum atomic E-state index is 11.1. The Bertz CT molecular complexity index is 1320. The topological polar surface area (TPSA) is 73.2 Å². The van der Waals surface area contributed by atoms with Crippen molar-refractivity contribution in [3.05, 3.63) is 94.0 Å². The summed E-state index contributed by atoms with van der Waals surface area (Å²) in [5.74, 6) is 1.58. The summed E-state index contributed by atoms with van der Waals surface area (Å²) in [6.45, 7) is 11.5. The molecule has 0 aromatic heterocycles. The van der Waals surface area contributed by atoms with Gasteiger partial charge in [0.15, 0.2) is 5.75 Å². The van der Waals surface area contributed by atoms with E-state index in [2.05, 4.69) is 0 Å². The van der Waals surface area contributed by atoms with Gasteiger partial charge in [0.1, 0.15) is 23.0 Å². The summed E-state index contributed by atoms with van der Waals surface area (Å²) in [4.78, 5) is 1.85. The van der Waals surface area contributed by atoms with E-state index >= 15 is 0 Å². The van der Waals surface area contributed by atoms with Gasteiger partial charge in [0.2, 0.25) is 0 Å². The molecule has 0 unspecified atom stereocenters. The first kappa shape index (κ1) is 24.0. The summed E-state index contributed by atoms with van der Waals surface area (Å²) in [5, 5.41) is 32.3. The number of nitrogens with zero attached hydrogens (tertiary/aromatic N) is 1. The molecule has 0 amide bonds. The minimum Gasteiger partial charge on any atom is -0.508 e. The largest absolute Gasteiger partial charge is 0.508 e. The Hall–Kier alpha value is -4.12. The highest BCUT2D eigenvalue weighted by molar-refractivity contribution is 5.88. The molecule has 4 rings (SSSR count). The van der Waals surface area contributed by atoms with E-state index in [1.165, 1.54) is 0 Å². The van der Waals surface area contributed by atoms with Crippen molar-refractivity contribution in [2.24, 2.45) is 0 Å². The number of hydrogen-bond acceptors (Lipinski definition) is 5. The van der Waals surface area contributed by atoms with Crippen LogP contribution in [-0.2, 0) is 0 Å². The maximum Gasteiger partial charge on any atom is 0.151 e. The number of benzene rings is 4. The van der Waals surface area contributed by atoms with Crippen molar-refractivity contribution in [1.29, 1.82) is 0 Å². The smallest absolute Gasteiger partial charge is 0.151 e. The van der Waals surface area contributed by atoms with Crippen LogP contribution in [0.5, 0.6) is 28.7 Å². The van der Waals surface area contributed by atoms with Crippen LogP contribution < -0.4 is 9.64 Å². The van der Waals surface area contributed by atoms with E-state index in [1.807, 2.05) is 82.8 Å². The van der Waals surface area contributed by atoms with Gasteiger partial charge in [-0.2, -0.15) is 0 Å². The molecule has 0 saturated heterocycles. The van der Waals surface area contributed by atoms with Crippen molar-refractivity contribution in [2.45, 2.75) is 41.5 Å². The Morgan fingerprint density at radius 1 is 0.571 bits per heavy atom. The lowest BCUT2D eigenvalue weighted by atomic mass is 10.0. The van der Waals surface area contributed by atoms with Crippen molar-refractivity contribution >= 4 is 17.1 Å². The van der Waals surface area contributed by atoms with Crippen LogP contribution in [0.1, 0.15) is 33.4 Å². The number of ether oxygens (including phenoxy) is 1. The average molecular weight is 470 g/mol. The molecular formula is C30H31NO4. The molecule has 4 aromatic rings. The summed E-state index contributed by atoms with van der Waals surface area (Å²) >= 11 is 0. The van der Waals surface area contributed by atoms with Crippen LogP contribution in [0.2, 0.25) is 0 Å². The van der Waals surface area contributed by atoms with Gasteiger partial charge in [-0.1, -0.05) is 24.3 Å². The minimum absolute atomic E-state index is 0.105. The fraction of sp³-hybridized carbons (Fsp3) is 0.200. The normalized spacial score (nSPS) is 10.9. The quantitative estimate of drug-likeness (QED) is 0.277. The third-order valence-electron chi connectivity index (χ3n) is 6.33. The molecule has 5 heteroatoms. The second-order valence-corrected chi connectivity index (χ2v) is 9.14. The van der Waals surface area contributed by atoms with Gasteiger partial charge in [-0.15, -0.1) is 0 Å². The molecule has 0 atom stereocenters. The summed E-state index contributed by atoms with van der Waals surface area (Å²) < 4.78 is 6.39. The van der Waals surface area contributed by atoms with Crippen LogP contribution in [0.25, 0.3) is 0 Å². The van der Waals surface area contributed by atoms with Gasteiger partial charge in [0, 0.05) is 0 Å². The van der Waals surface area contributed by atoms with Gasteiger partial charge in [-0.05, 0) is 111 Å². The van der Waals surface area contributed by atoms with Crippen LogP contribution >= 0.6 is 0 Å². The highest BCUT2D eigenvalue weighted by Crippen LogP contribution is 2.50. The molecule has 4 aromatic carbocycles. The van der Waals surface area contributed by atoms with Crippen molar-refractivity contribution < 1.29 is 20.1 Å². The first-order valence-electron chi connectivity index (χ1n) is 11.5. The van der Waals surface area contributed by atoms with Crippen molar-refractivity contribution in [1.82, 2.24) is 0 Å². The van der Waals surface area contributed by atoms with Crippen LogP contribution in [-0.4, -0.2) is 15.3 Å². The molecule has 0 aliphatic heterocycles. The second-order valence-electron chi connectivity index (χ2n) is 9.14. The standard InChI is InChI=1S/C30H31NO4/c1-17-13-19(3)29(25(33)15-17)31(30-20(4)14-18(2)16-26(30)34)23-9-7-8-10-28(23)35-27-12-11-24(32)21(5)22(27)6/h7-16,32-34H,1-6H3. The van der Waals surface area contributed by atoms with Crippen LogP contribution in [0.4, 0.5) is 17.1 Å². The third kappa shape index (κ3) is 4.50. The van der Waals surface area contributed by atoms with E-state index < -0.39 is 0 Å². The second kappa shape index (κ2) is 9.26. The number of anilines is 3. The van der Waals surface area contributed by atoms with Gasteiger partial charge in [-0.3, -0.25) is 4.90 Å². The fourth-order valence-electron chi connectivity index (χ4n) is 4.55. The Balaban J connectivity index is 1.99. The highest BCUT2D eigenvalue weighted by Gasteiger charge is 2.26. The third-order valence-corrected chi connectivity index (χ3v) is 6.33. The van der Waals surface area contributed by atoms with Crippen LogP contribution in [0.3, 0.4) is 0 Å². The van der Waals surface area contributed by atoms with E-state index in [0.717, 1.165) is 33.4 Å². The van der Waals surface area contributed by atoms with E-state index in [1.54, 1.807) is 24.3 Å². The van der Waals surface area contributed by atoms with Crippen LogP contribution in [0, 0.1) is 41.5 Å². The molecule has 0 radical (unpaired) electrons. The predicted octanol–water partition coefficient (Wildman–Crippen LogP) is 7.92. The summed E-state index contributed by atoms with van der Waals surface area (Å²) in [6.07, 6.45) is 0. The molecule has 0 spiro atoms. The van der Waals surface area contributed by atoms with Gasteiger partial charge < -0.3 is 20.1 Å². The Morgan fingerprint density at radius 3 is 1.66 bits per heavy atom. The molecule has 0 aliphatic rings. The molecule has 5 nitrogen and oxygen atoms in total. The fourth-order valence-corrected chi connectivity index (χ4v) is 4.55. The van der Waals surface area contributed by atoms with Gasteiger partial charge in [-0.25, -0.2) is 0 Å². The summed E-state index contributed by atoms with van der Waals surface area (Å²) in [5.41, 5.74) is 6.94. The lowest BCUT2D eigenvalue weighted by molar-refractivity contribution is 0.457. The van der Waals surface area contributed by atoms with Gasteiger partial charge >= 0.3 is 0 Å². The van der Waals surface area contributed by atoms with Gasteiger partial charge in [0.05, 0.1) is 17.1 Å². The Morgan fingerprint density at radius 2 is 1.11 bits per heavy atom. The van der Waals surface area contributed by atoms with E-state index in [4.69, 9.17) is 4.74 Å². The zero-order valence-corrected chi connectivity index (χ0v) is 21.0. The lowest BCUT2D eigenvalue weighted by Crippen LogP contribution is -2.14. The number of aromatic hydroxyl groups is 3. The van der Waals surface area contributed by atoms with Gasteiger partial charge in [0.25, 0.3) is 0 Å². The molecular weight excluding hydrogens is 438 g/mol. The molecule has 0 fully saturated rings. The van der Waals surface area contributed by atoms with Crippen molar-refractivity contribution in [2.75, 3.05) is 4.90 Å². The lowest BCUT2D eigenvalue weighted by Gasteiger charge is -2.31. The Kier molecular flexibility index (Phi) is 6.35. The van der Waals surface area contributed by atoms with Crippen molar-refractivity contribution in [3.8, 4) is 28.7 Å². The van der Waals surface area contributed by atoms with Crippen molar-refractivity contribution in [3.63, 3.8) is 0 Å². The Labute approximate surface area is 206 Å². The number of phenolic OH excluding ortho intramolecular Hbond substituents is 3. The molecule has 3 N–H and O–H groups in total. The first-order valence-corrected chi connectivity index (χ1v) is 11.5. The molecule has 0 heterocycles. The number of aryl methyl sites for hydroxylation is 4. The molecule has 0 aliphatic carbocycles. The predicted molar refractivity (Wildman–Crippen MR) is 141 cm³/mol. The minimum atomic E-state index is 0.105. The molecule has 0 bridgehead atoms. The van der Waals surface area contributed by atoms with E-state index in [0.29, 0.717) is 28.6 Å². The highest BCUT2D eigenvalue weighted by atomic mass is 16.5. The van der Waals surface area contributed by atoms with Crippen LogP contribution in [0.15, 0.2) is 60.7 Å². The zero-order chi connectivity index (χ0) is 25.4. The maximum absolute atomic E-state index is 11.1. The van der Waals surface area contributed by atoms with E-state index in [9.17, 15) is 15.3 Å². The number of hydrogen-bond donors (Lipinski definition) is 3. The number of para-hydroxylation sites is 2. The SMILES string of the molecule is Cc1cc(C)c(N(c2ccccc2Oc2ccc(O)c(C)c2C)c2c(C)cc(C)cc2O)c(O)c1. The number of rotatable bonds is 5. The first-order chi connectivity index (χ1) is 16.6. The monoisotopic (exact) mass is 469 g/mol. The molecule has 180 valence electrons. The molecule has 0 saturated carbocycles. The average Bonchev–Trinajstić information content (AvgIpc) is 2.77.